The fraction of sp³-hybridized carbons (Fsp3) is 0.456. The molecule has 3 aromatic carbocycles. The lowest BCUT2D eigenvalue weighted by Crippen LogP contribution is -2.46. The van der Waals surface area contributed by atoms with Crippen LogP contribution in [0.25, 0.3) is 0 Å². The molecule has 3 aromatic rings. The van der Waals surface area contributed by atoms with Crippen LogP contribution in [-0.2, 0) is 38.8 Å². The summed E-state index contributed by atoms with van der Waals surface area (Å²) in [6.07, 6.45) is 8.97. The summed E-state index contributed by atoms with van der Waals surface area (Å²) in [6.45, 7) is 17.9. The van der Waals surface area contributed by atoms with E-state index in [1.165, 1.54) is 59.0 Å². The standard InChI is InChI=1S/C24H24BNO.C10H13F3O2.C8H12O2.C5H4F3O2.C5H10O.C5H8/c1-19-11-8-9-16-22(19)25-26-18-10-17-23(26)24(27-25,20-12-4-2-5-13-20)21-14-6-3-7-15-21;1-7-2-4-8(5-3-7)9(14)15-6-10(11,12)13;1-6-2-4-7(5-3-6)8(9)10;1-2-4(9)10-3-5(6,7)8;1-2-4-6-5-3-1;1-4-5(2)3/h2-9,11-16,23H,10,17-18H2,1H3;2,8H,3-6H2,1H3;2,7H,3-5H2,1H3,(H,9,10);1,3H2;1-5H2;4H,1-2H2,3H3/q;;;+1;;/t23-;8-;7-;;;/m000.../s1. The van der Waals surface area contributed by atoms with Gasteiger partial charge in [-0.2, -0.15) is 31.1 Å². The number of esters is 2. The first-order valence-corrected chi connectivity index (χ1v) is 24.6. The molecular formula is C57H71BF6NO8+. The Labute approximate surface area is 428 Å². The van der Waals surface area contributed by atoms with E-state index >= 15 is 0 Å². The molecule has 8 rings (SSSR count). The molecule has 3 fully saturated rings. The van der Waals surface area contributed by atoms with Gasteiger partial charge in [-0.1, -0.05) is 139 Å². The highest BCUT2D eigenvalue weighted by Gasteiger charge is 2.59. The van der Waals surface area contributed by atoms with E-state index in [1.807, 2.05) is 26.0 Å². The van der Waals surface area contributed by atoms with Crippen LogP contribution >= 0.6 is 0 Å². The monoisotopic (exact) mass is 1020 g/mol. The van der Waals surface area contributed by atoms with Gasteiger partial charge in [-0.25, -0.2) is 0 Å². The normalized spacial score (nSPS) is 19.8. The zero-order valence-electron chi connectivity index (χ0n) is 42.6. The van der Waals surface area contributed by atoms with E-state index in [1.54, 1.807) is 12.2 Å². The Bertz CT molecular complexity index is 2210. The lowest BCUT2D eigenvalue weighted by Gasteiger charge is -2.36. The smallest absolute Gasteiger partial charge is 0.481 e. The Morgan fingerprint density at radius 1 is 0.767 bits per heavy atom. The summed E-state index contributed by atoms with van der Waals surface area (Å²) in [5.74, 6) is -3.11. The number of ether oxygens (including phenoxy) is 3. The SMILES string of the molecule is C1CCOCC1.C=CC(=C)C.C=[C+]C(=O)OCC(F)(F)F.CC1=CC[C@H](C(=O)O)CC1.CC1=CC[C@H](C(=O)OCC(F)(F)F)CC1.Cc1ccccc1B1OC(c2ccccc2)(c2ccccc2)[C@@H]2CCCN12. The van der Waals surface area contributed by atoms with E-state index in [9.17, 15) is 40.7 Å². The van der Waals surface area contributed by atoms with Crippen LogP contribution in [0, 0.1) is 24.8 Å². The number of alkyl halides is 6. The topological polar surface area (TPSA) is 112 Å². The quantitative estimate of drug-likeness (QED) is 0.0426. The molecular weight excluding hydrogens is 951 g/mol. The lowest BCUT2D eigenvalue weighted by atomic mass is 9.70. The van der Waals surface area contributed by atoms with Crippen molar-refractivity contribution in [2.45, 2.75) is 122 Å². The molecule has 73 heavy (non-hydrogen) atoms. The third-order valence-corrected chi connectivity index (χ3v) is 12.5. The number of benzene rings is 3. The number of hydrogen-bond donors (Lipinski definition) is 1. The third-order valence-electron chi connectivity index (χ3n) is 12.5. The number of halogens is 6. The number of carboxylic acids is 1. The van der Waals surface area contributed by atoms with Crippen LogP contribution in [0.3, 0.4) is 0 Å². The second-order valence-electron chi connectivity index (χ2n) is 18.4. The van der Waals surface area contributed by atoms with Gasteiger partial charge in [0.25, 0.3) is 0 Å². The molecule has 396 valence electrons. The largest absolute Gasteiger partial charge is 0.588 e. The molecule has 0 unspecified atom stereocenters. The molecule has 3 heterocycles. The minimum atomic E-state index is -4.48. The average molecular weight is 1020 g/mol. The van der Waals surface area contributed by atoms with Crippen LogP contribution in [0.2, 0.25) is 0 Å². The van der Waals surface area contributed by atoms with Gasteiger partial charge in [-0.05, 0) is 121 Å². The maximum Gasteiger partial charge on any atom is 0.588 e. The first kappa shape index (κ1) is 61.5. The number of nitrogens with zero attached hydrogens (tertiary/aromatic N) is 1. The zero-order valence-corrected chi connectivity index (χ0v) is 42.6. The van der Waals surface area contributed by atoms with E-state index in [-0.39, 0.29) is 13.0 Å². The summed E-state index contributed by atoms with van der Waals surface area (Å²) in [6, 6.07) is 30.6. The number of carbonyl (C=O) groups excluding carboxylic acids is 2. The van der Waals surface area contributed by atoms with E-state index in [0.717, 1.165) is 57.4 Å². The van der Waals surface area contributed by atoms with Crippen LogP contribution in [0.1, 0.15) is 108 Å². The van der Waals surface area contributed by atoms with Gasteiger partial charge in [-0.15, -0.1) is 0 Å². The Hall–Kier alpha value is -5.80. The van der Waals surface area contributed by atoms with Gasteiger partial charge in [0, 0.05) is 19.3 Å². The van der Waals surface area contributed by atoms with E-state index in [4.69, 9.17) is 14.5 Å². The molecule has 0 aromatic heterocycles. The van der Waals surface area contributed by atoms with E-state index < -0.39 is 55.0 Å². The molecule has 0 spiro atoms. The number of rotatable bonds is 9. The molecule has 0 radical (unpaired) electrons. The summed E-state index contributed by atoms with van der Waals surface area (Å²) in [7, 11) is -0.000822. The van der Waals surface area contributed by atoms with E-state index in [2.05, 4.69) is 133 Å². The van der Waals surface area contributed by atoms with Gasteiger partial charge < -0.3 is 28.8 Å². The van der Waals surface area contributed by atoms with Crippen molar-refractivity contribution >= 4 is 30.4 Å². The first-order valence-electron chi connectivity index (χ1n) is 24.6. The summed E-state index contributed by atoms with van der Waals surface area (Å²) in [5, 5.41) is 8.60. The molecule has 1 N–H and O–H groups in total. The van der Waals surface area contributed by atoms with Crippen LogP contribution < -0.4 is 5.46 Å². The third kappa shape index (κ3) is 21.7. The first-order chi connectivity index (χ1) is 34.6. The number of aryl methyl sites for hydroxylation is 1. The molecule has 3 aliphatic heterocycles. The average Bonchev–Trinajstić information content (AvgIpc) is 4.00. The molecule has 3 saturated heterocycles. The van der Waals surface area contributed by atoms with Crippen molar-refractivity contribution in [3.05, 3.63) is 162 Å². The Kier molecular flexibility index (Phi) is 26.2. The van der Waals surface area contributed by atoms with Gasteiger partial charge in [0.1, 0.15) is 5.60 Å². The summed E-state index contributed by atoms with van der Waals surface area (Å²) in [5.41, 5.74) is 8.19. The Balaban J connectivity index is 0.000000259. The molecule has 9 nitrogen and oxygen atoms in total. The molecule has 0 bridgehead atoms. The maximum atomic E-state index is 11.8. The van der Waals surface area contributed by atoms with Crippen LogP contribution in [0.4, 0.5) is 26.3 Å². The zero-order chi connectivity index (χ0) is 54.0. The molecule has 16 heteroatoms. The molecule has 3 atom stereocenters. The number of carboxylic acid groups (broad SMARTS) is 1. The second kappa shape index (κ2) is 31.1. The molecule has 2 aliphatic carbocycles. The van der Waals surface area contributed by atoms with Crippen molar-refractivity contribution in [2.75, 3.05) is 33.0 Å². The number of fused-ring (bicyclic) bond motifs is 1. The van der Waals surface area contributed by atoms with Crippen molar-refractivity contribution in [1.29, 1.82) is 0 Å². The fourth-order valence-electron chi connectivity index (χ4n) is 8.52. The molecule has 0 amide bonds. The number of carbonyl (C=O) groups is 3. The van der Waals surface area contributed by atoms with Gasteiger partial charge in [0.2, 0.25) is 0 Å². The van der Waals surface area contributed by atoms with Crippen molar-refractivity contribution in [1.82, 2.24) is 4.81 Å². The highest BCUT2D eigenvalue weighted by Crippen LogP contribution is 2.49. The van der Waals surface area contributed by atoms with Crippen LogP contribution in [-0.4, -0.2) is 86.2 Å². The predicted molar refractivity (Wildman–Crippen MR) is 273 cm³/mol. The van der Waals surface area contributed by atoms with Crippen molar-refractivity contribution in [3.63, 3.8) is 0 Å². The highest BCUT2D eigenvalue weighted by molar-refractivity contribution is 6.66. The van der Waals surface area contributed by atoms with Gasteiger partial charge in [0.15, 0.2) is 19.8 Å². The van der Waals surface area contributed by atoms with E-state index in [0.29, 0.717) is 18.9 Å². The predicted octanol–water partition coefficient (Wildman–Crippen LogP) is 12.8. The second-order valence-corrected chi connectivity index (χ2v) is 18.4. The Morgan fingerprint density at radius 3 is 1.67 bits per heavy atom. The number of hydrogen-bond acceptors (Lipinski definition) is 8. The highest BCUT2D eigenvalue weighted by atomic mass is 19.4. The van der Waals surface area contributed by atoms with Crippen molar-refractivity contribution < 1.29 is 64.7 Å². The van der Waals surface area contributed by atoms with Gasteiger partial charge in [0.05, 0.1) is 11.8 Å². The minimum absolute atomic E-state index is 0.000822. The molecule has 0 saturated carbocycles. The minimum Gasteiger partial charge on any atom is -0.481 e. The number of allylic oxidation sites excluding steroid dienone is 6. The van der Waals surface area contributed by atoms with Crippen molar-refractivity contribution in [3.8, 4) is 0 Å². The summed E-state index contributed by atoms with van der Waals surface area (Å²) >= 11 is 0. The maximum absolute atomic E-state index is 11.8. The van der Waals surface area contributed by atoms with Gasteiger partial charge >= 0.3 is 43.4 Å². The summed E-state index contributed by atoms with van der Waals surface area (Å²) in [4.78, 5) is 34.2. The summed E-state index contributed by atoms with van der Waals surface area (Å²) < 4.78 is 88.9. The van der Waals surface area contributed by atoms with Crippen molar-refractivity contribution in [2.24, 2.45) is 11.8 Å². The van der Waals surface area contributed by atoms with Gasteiger partial charge in [-0.3, -0.25) is 9.59 Å². The Morgan fingerprint density at radius 2 is 1.26 bits per heavy atom. The fourth-order valence-corrected chi connectivity index (χ4v) is 8.52. The molecule has 5 aliphatic rings. The number of aliphatic carboxylic acids is 1. The lowest BCUT2D eigenvalue weighted by molar-refractivity contribution is -0.189. The van der Waals surface area contributed by atoms with Crippen LogP contribution in [0.15, 0.2) is 140 Å². The van der Waals surface area contributed by atoms with Crippen LogP contribution in [0.5, 0.6) is 0 Å².